The summed E-state index contributed by atoms with van der Waals surface area (Å²) in [6, 6.07) is 9.92. The number of primary amides is 1. The first-order valence-electron chi connectivity index (χ1n) is 11.7. The van der Waals surface area contributed by atoms with Gasteiger partial charge in [0.05, 0.1) is 5.54 Å². The summed E-state index contributed by atoms with van der Waals surface area (Å²) in [5.41, 5.74) is 9.04. The molecule has 1 saturated carbocycles. The third-order valence-electron chi connectivity index (χ3n) is 6.67. The van der Waals surface area contributed by atoms with Crippen LogP contribution in [0.25, 0.3) is 0 Å². The lowest BCUT2D eigenvalue weighted by Crippen LogP contribution is -2.40. The number of hydrogen-bond donors (Lipinski definition) is 2. The van der Waals surface area contributed by atoms with Crippen LogP contribution in [0.1, 0.15) is 92.5 Å². The minimum absolute atomic E-state index is 0.318. The fourth-order valence-electron chi connectivity index (χ4n) is 4.61. The van der Waals surface area contributed by atoms with Crippen LogP contribution in [0.2, 0.25) is 0 Å². The topological polar surface area (TPSA) is 60.1 Å². The van der Waals surface area contributed by atoms with Crippen LogP contribution in [0.15, 0.2) is 36.5 Å². The highest BCUT2D eigenvalue weighted by Crippen LogP contribution is 2.38. The Morgan fingerprint density at radius 3 is 2.81 bits per heavy atom. The zero-order valence-electron chi connectivity index (χ0n) is 19.7. The Bertz CT molecular complexity index is 998. The summed E-state index contributed by atoms with van der Waals surface area (Å²) >= 11 is 6.22. The summed E-state index contributed by atoms with van der Waals surface area (Å²) in [6.07, 6.45) is 6.97. The van der Waals surface area contributed by atoms with Crippen LogP contribution in [0.3, 0.4) is 0 Å². The van der Waals surface area contributed by atoms with Gasteiger partial charge in [-0.1, -0.05) is 31.8 Å². The predicted molar refractivity (Wildman–Crippen MR) is 133 cm³/mol. The Hall–Kier alpha value is -2.22. The maximum atomic E-state index is 11.4. The number of rotatable bonds is 8. The van der Waals surface area contributed by atoms with E-state index in [1.54, 1.807) is 12.1 Å². The molecule has 172 valence electrons. The number of nitrogens with two attached hydrogens (primary N) is 1. The van der Waals surface area contributed by atoms with Gasteiger partial charge in [0.15, 0.2) is 0 Å². The monoisotopic (exact) mass is 453 g/mol. The van der Waals surface area contributed by atoms with E-state index in [-0.39, 0.29) is 5.54 Å². The molecule has 1 heterocycles. The standard InChI is InChI=1S/C27H36ClN3O/c1-5-19(2)25-23(17-28)12-14-31(25)24-10-9-21(16-24)18-30-27(3,4)13-11-20-7-6-8-22(15-20)26(29)32/h6-8,12,14-15,19,21,24,30H,5,9-10,16-18H2,1-4H3,(H2,29,32). The Morgan fingerprint density at radius 1 is 1.34 bits per heavy atom. The molecule has 2 aromatic rings. The van der Waals surface area contributed by atoms with Crippen molar-refractivity contribution in [2.45, 2.75) is 76.8 Å². The second kappa shape index (κ2) is 10.6. The normalized spacial score (nSPS) is 19.4. The average molecular weight is 454 g/mol. The minimum Gasteiger partial charge on any atom is -0.366 e. The van der Waals surface area contributed by atoms with Gasteiger partial charge < -0.3 is 15.6 Å². The van der Waals surface area contributed by atoms with Gasteiger partial charge in [0.1, 0.15) is 0 Å². The fourth-order valence-corrected chi connectivity index (χ4v) is 4.83. The Labute approximate surface area is 197 Å². The van der Waals surface area contributed by atoms with E-state index in [0.717, 1.165) is 18.5 Å². The Morgan fingerprint density at radius 2 is 2.12 bits per heavy atom. The van der Waals surface area contributed by atoms with Gasteiger partial charge in [-0.15, -0.1) is 11.6 Å². The highest BCUT2D eigenvalue weighted by Gasteiger charge is 2.29. The largest absolute Gasteiger partial charge is 0.366 e. The Balaban J connectivity index is 1.61. The molecule has 4 nitrogen and oxygen atoms in total. The molecule has 0 aliphatic heterocycles. The van der Waals surface area contributed by atoms with Crippen molar-refractivity contribution < 1.29 is 4.79 Å². The van der Waals surface area contributed by atoms with Crippen molar-refractivity contribution in [3.05, 3.63) is 58.9 Å². The quantitative estimate of drug-likeness (QED) is 0.403. The van der Waals surface area contributed by atoms with E-state index in [1.807, 2.05) is 12.1 Å². The molecule has 0 bridgehead atoms. The first kappa shape index (κ1) is 24.4. The molecule has 3 rings (SSSR count). The molecule has 0 saturated heterocycles. The van der Waals surface area contributed by atoms with Crippen molar-refractivity contribution in [2.75, 3.05) is 6.54 Å². The number of benzene rings is 1. The smallest absolute Gasteiger partial charge is 0.248 e. The number of nitrogens with one attached hydrogen (secondary N) is 1. The highest BCUT2D eigenvalue weighted by molar-refractivity contribution is 6.17. The molecule has 5 heteroatoms. The first-order valence-corrected chi connectivity index (χ1v) is 12.2. The molecule has 1 aromatic heterocycles. The number of alkyl halides is 1. The second-order valence-corrected chi connectivity index (χ2v) is 9.88. The maximum Gasteiger partial charge on any atom is 0.248 e. The van der Waals surface area contributed by atoms with Gasteiger partial charge in [0.25, 0.3) is 0 Å². The number of nitrogens with zero attached hydrogens (tertiary/aromatic N) is 1. The summed E-state index contributed by atoms with van der Waals surface area (Å²) in [4.78, 5) is 11.4. The zero-order valence-corrected chi connectivity index (χ0v) is 20.5. The van der Waals surface area contributed by atoms with E-state index in [1.165, 1.54) is 30.5 Å². The van der Waals surface area contributed by atoms with Gasteiger partial charge >= 0.3 is 0 Å². The van der Waals surface area contributed by atoms with Crippen molar-refractivity contribution in [1.82, 2.24) is 9.88 Å². The first-order chi connectivity index (χ1) is 15.2. The van der Waals surface area contributed by atoms with Gasteiger partial charge in [-0.3, -0.25) is 4.79 Å². The maximum absolute atomic E-state index is 11.4. The lowest BCUT2D eigenvalue weighted by molar-refractivity contribution is 0.1000. The molecule has 1 fully saturated rings. The van der Waals surface area contributed by atoms with Gasteiger partial charge in [-0.2, -0.15) is 0 Å². The summed E-state index contributed by atoms with van der Waals surface area (Å²) in [6.45, 7) is 9.70. The summed E-state index contributed by atoms with van der Waals surface area (Å²) in [5, 5.41) is 3.65. The SMILES string of the molecule is CCC(C)c1c(CCl)ccn1C1CCC(CNC(C)(C)C#Cc2cccc(C(N)=O)c2)C1. The van der Waals surface area contributed by atoms with Crippen molar-refractivity contribution in [3.8, 4) is 11.8 Å². The number of halogens is 1. The predicted octanol–water partition coefficient (Wildman–Crippen LogP) is 5.60. The van der Waals surface area contributed by atoms with Crippen molar-refractivity contribution in [2.24, 2.45) is 11.7 Å². The molecule has 0 radical (unpaired) electrons. The van der Waals surface area contributed by atoms with Crippen molar-refractivity contribution in [1.29, 1.82) is 0 Å². The summed E-state index contributed by atoms with van der Waals surface area (Å²) in [7, 11) is 0. The molecule has 3 N–H and O–H groups in total. The van der Waals surface area contributed by atoms with E-state index >= 15 is 0 Å². The minimum atomic E-state index is -0.431. The molecule has 1 aliphatic carbocycles. The molecule has 3 atom stereocenters. The number of amides is 1. The third kappa shape index (κ3) is 5.97. The molecule has 1 amide bonds. The highest BCUT2D eigenvalue weighted by atomic mass is 35.5. The second-order valence-electron chi connectivity index (χ2n) is 9.61. The summed E-state index contributed by atoms with van der Waals surface area (Å²) in [5.74, 6) is 7.81. The number of carbonyl (C=O) groups excluding carboxylic acids is 1. The fraction of sp³-hybridized carbons (Fsp3) is 0.519. The van der Waals surface area contributed by atoms with E-state index in [0.29, 0.717) is 29.3 Å². The molecule has 1 aliphatic rings. The van der Waals surface area contributed by atoms with Gasteiger partial charge in [-0.25, -0.2) is 0 Å². The molecular weight excluding hydrogens is 418 g/mol. The van der Waals surface area contributed by atoms with Crippen molar-refractivity contribution in [3.63, 3.8) is 0 Å². The summed E-state index contributed by atoms with van der Waals surface area (Å²) < 4.78 is 2.50. The van der Waals surface area contributed by atoms with Gasteiger partial charge in [0.2, 0.25) is 5.91 Å². The van der Waals surface area contributed by atoms with Crippen LogP contribution in [-0.2, 0) is 5.88 Å². The van der Waals surface area contributed by atoms with Crippen LogP contribution in [-0.4, -0.2) is 22.6 Å². The molecule has 32 heavy (non-hydrogen) atoms. The molecule has 3 unspecified atom stereocenters. The number of aromatic nitrogens is 1. The van der Waals surface area contributed by atoms with Gasteiger partial charge in [-0.05, 0) is 87.7 Å². The van der Waals surface area contributed by atoms with Crippen LogP contribution < -0.4 is 11.1 Å². The molecule has 0 spiro atoms. The number of hydrogen-bond acceptors (Lipinski definition) is 2. The van der Waals surface area contributed by atoms with Crippen molar-refractivity contribution >= 4 is 17.5 Å². The van der Waals surface area contributed by atoms with E-state index in [2.05, 4.69) is 61.7 Å². The number of carbonyl (C=O) groups is 1. The van der Waals surface area contributed by atoms with Crippen LogP contribution >= 0.6 is 11.6 Å². The van der Waals surface area contributed by atoms with E-state index in [9.17, 15) is 4.79 Å². The Kier molecular flexibility index (Phi) is 8.09. The average Bonchev–Trinajstić information content (AvgIpc) is 3.42. The zero-order chi connectivity index (χ0) is 23.3. The van der Waals surface area contributed by atoms with Crippen LogP contribution in [0.5, 0.6) is 0 Å². The lowest BCUT2D eigenvalue weighted by atomic mass is 10.0. The van der Waals surface area contributed by atoms with E-state index < -0.39 is 5.91 Å². The van der Waals surface area contributed by atoms with E-state index in [4.69, 9.17) is 17.3 Å². The molecular formula is C27H36ClN3O. The lowest BCUT2D eigenvalue weighted by Gasteiger charge is -2.24. The van der Waals surface area contributed by atoms with Crippen LogP contribution in [0, 0.1) is 17.8 Å². The third-order valence-corrected chi connectivity index (χ3v) is 6.96. The van der Waals surface area contributed by atoms with Crippen LogP contribution in [0.4, 0.5) is 0 Å². The van der Waals surface area contributed by atoms with Gasteiger partial charge in [0, 0.05) is 34.9 Å². The molecule has 1 aromatic carbocycles.